The lowest BCUT2D eigenvalue weighted by Crippen LogP contribution is -2.37. The van der Waals surface area contributed by atoms with Gasteiger partial charge in [-0.3, -0.25) is 0 Å². The molecule has 1 aliphatic rings. The molecule has 2 unspecified atom stereocenters. The van der Waals surface area contributed by atoms with Gasteiger partial charge < -0.3 is 15.3 Å². The van der Waals surface area contributed by atoms with E-state index in [0.29, 0.717) is 0 Å². The predicted octanol–water partition coefficient (Wildman–Crippen LogP) is 2.64. The summed E-state index contributed by atoms with van der Waals surface area (Å²) in [6.07, 6.45) is 2.24. The molecule has 0 amide bonds. The third-order valence-corrected chi connectivity index (χ3v) is 3.71. The number of aliphatic hydroxyl groups is 1. The molecule has 1 aliphatic heterocycles. The maximum absolute atomic E-state index is 10.2. The Morgan fingerprint density at radius 1 is 1.15 bits per heavy atom. The lowest BCUT2D eigenvalue weighted by atomic mass is 10.0. The van der Waals surface area contributed by atoms with Crippen LogP contribution in [0.2, 0.25) is 0 Å². The third kappa shape index (κ3) is 5.98. The number of benzene rings is 1. The van der Waals surface area contributed by atoms with Crippen LogP contribution in [0.5, 0.6) is 0 Å². The summed E-state index contributed by atoms with van der Waals surface area (Å²) in [5.74, 6) is 0. The Balaban J connectivity index is 0.00000180. The van der Waals surface area contributed by atoms with E-state index >= 15 is 0 Å². The van der Waals surface area contributed by atoms with Gasteiger partial charge in [0.1, 0.15) is 0 Å². The summed E-state index contributed by atoms with van der Waals surface area (Å²) in [5, 5.41) is 13.6. The van der Waals surface area contributed by atoms with Gasteiger partial charge in [0.2, 0.25) is 0 Å². The summed E-state index contributed by atoms with van der Waals surface area (Å²) < 4.78 is 0. The minimum absolute atomic E-state index is 0. The minimum atomic E-state index is -0.426. The first-order valence-electron chi connectivity index (χ1n) is 6.96. The second-order valence-corrected chi connectivity index (χ2v) is 5.15. The van der Waals surface area contributed by atoms with Crippen molar-refractivity contribution in [3.05, 3.63) is 35.9 Å². The molecule has 0 aliphatic carbocycles. The highest BCUT2D eigenvalue weighted by Gasteiger charge is 2.16. The molecule has 3 nitrogen and oxygen atoms in total. The zero-order valence-corrected chi connectivity index (χ0v) is 13.6. The van der Waals surface area contributed by atoms with E-state index in [1.54, 1.807) is 0 Å². The van der Waals surface area contributed by atoms with Crippen LogP contribution in [-0.4, -0.2) is 42.2 Å². The number of likely N-dealkylation sites (tertiary alicyclic amines) is 1. The van der Waals surface area contributed by atoms with Gasteiger partial charge in [0.25, 0.3) is 0 Å². The number of aliphatic hydroxyl groups excluding tert-OH is 1. The Bertz CT molecular complexity index is 345. The molecular weight excluding hydrogens is 295 g/mol. The van der Waals surface area contributed by atoms with E-state index in [1.807, 2.05) is 37.3 Å². The fourth-order valence-corrected chi connectivity index (χ4v) is 2.51. The molecule has 0 saturated carbocycles. The molecule has 2 atom stereocenters. The normalized spacial score (nSPS) is 17.9. The van der Waals surface area contributed by atoms with Crippen molar-refractivity contribution in [1.29, 1.82) is 0 Å². The monoisotopic (exact) mass is 320 g/mol. The van der Waals surface area contributed by atoms with Gasteiger partial charge >= 0.3 is 0 Å². The number of hydrogen-bond donors (Lipinski definition) is 2. The third-order valence-electron chi connectivity index (χ3n) is 3.71. The summed E-state index contributed by atoms with van der Waals surface area (Å²) in [6, 6.07) is 9.95. The van der Waals surface area contributed by atoms with E-state index < -0.39 is 6.10 Å². The van der Waals surface area contributed by atoms with Crippen molar-refractivity contribution in [2.75, 3.05) is 26.2 Å². The molecule has 1 saturated heterocycles. The standard InChI is InChI=1S/C15H24N2O.2ClH/c1-13(15(18)14-7-3-2-4-8-14)16-9-12-17-10-5-6-11-17;;/h2-4,7-8,13,15-16,18H,5-6,9-12H2,1H3;2*1H. The van der Waals surface area contributed by atoms with Gasteiger partial charge in [0.05, 0.1) is 6.10 Å². The zero-order chi connectivity index (χ0) is 12.8. The summed E-state index contributed by atoms with van der Waals surface area (Å²) in [4.78, 5) is 2.48. The Morgan fingerprint density at radius 3 is 2.35 bits per heavy atom. The van der Waals surface area contributed by atoms with Crippen molar-refractivity contribution in [3.63, 3.8) is 0 Å². The summed E-state index contributed by atoms with van der Waals surface area (Å²) in [6.45, 7) is 6.55. The molecule has 1 heterocycles. The average Bonchev–Trinajstić information content (AvgIpc) is 2.92. The highest BCUT2D eigenvalue weighted by molar-refractivity contribution is 5.85. The molecule has 2 N–H and O–H groups in total. The first kappa shape index (κ1) is 19.7. The number of halogens is 2. The van der Waals surface area contributed by atoms with Crippen molar-refractivity contribution >= 4 is 24.8 Å². The average molecular weight is 321 g/mol. The van der Waals surface area contributed by atoms with E-state index in [0.717, 1.165) is 18.7 Å². The molecule has 2 rings (SSSR count). The lowest BCUT2D eigenvalue weighted by Gasteiger charge is -2.22. The molecule has 20 heavy (non-hydrogen) atoms. The summed E-state index contributed by atoms with van der Waals surface area (Å²) in [5.41, 5.74) is 0.985. The Hall–Kier alpha value is -0.320. The lowest BCUT2D eigenvalue weighted by molar-refractivity contribution is 0.134. The van der Waals surface area contributed by atoms with E-state index in [4.69, 9.17) is 0 Å². The van der Waals surface area contributed by atoms with E-state index in [9.17, 15) is 5.11 Å². The molecule has 0 radical (unpaired) electrons. The second-order valence-electron chi connectivity index (χ2n) is 5.15. The van der Waals surface area contributed by atoms with Crippen molar-refractivity contribution in [2.24, 2.45) is 0 Å². The fourth-order valence-electron chi connectivity index (χ4n) is 2.51. The van der Waals surface area contributed by atoms with Gasteiger partial charge in [-0.25, -0.2) is 0 Å². The number of nitrogens with one attached hydrogen (secondary N) is 1. The SMILES string of the molecule is CC(NCCN1CCCC1)C(O)c1ccccc1.Cl.Cl. The van der Waals surface area contributed by atoms with Crippen LogP contribution in [0, 0.1) is 0 Å². The van der Waals surface area contributed by atoms with Crippen LogP contribution >= 0.6 is 24.8 Å². The van der Waals surface area contributed by atoms with E-state index in [1.165, 1.54) is 25.9 Å². The zero-order valence-electron chi connectivity index (χ0n) is 12.0. The molecule has 0 spiro atoms. The van der Waals surface area contributed by atoms with Crippen LogP contribution in [-0.2, 0) is 0 Å². The fraction of sp³-hybridized carbons (Fsp3) is 0.600. The van der Waals surface area contributed by atoms with Crippen LogP contribution < -0.4 is 5.32 Å². The molecular formula is C15H26Cl2N2O. The Kier molecular flexibility index (Phi) is 10.2. The molecule has 1 aromatic carbocycles. The van der Waals surface area contributed by atoms with Crippen LogP contribution in [0.4, 0.5) is 0 Å². The molecule has 1 fully saturated rings. The van der Waals surface area contributed by atoms with Crippen LogP contribution in [0.1, 0.15) is 31.4 Å². The van der Waals surface area contributed by atoms with Crippen molar-refractivity contribution in [2.45, 2.75) is 31.9 Å². The molecule has 0 bridgehead atoms. The highest BCUT2D eigenvalue weighted by Crippen LogP contribution is 2.15. The molecule has 0 aromatic heterocycles. The quantitative estimate of drug-likeness (QED) is 0.845. The number of nitrogens with zero attached hydrogens (tertiary/aromatic N) is 1. The van der Waals surface area contributed by atoms with Crippen molar-refractivity contribution in [1.82, 2.24) is 10.2 Å². The van der Waals surface area contributed by atoms with Gasteiger partial charge in [0.15, 0.2) is 0 Å². The molecule has 5 heteroatoms. The van der Waals surface area contributed by atoms with Gasteiger partial charge in [0, 0.05) is 19.1 Å². The van der Waals surface area contributed by atoms with Gasteiger partial charge in [-0.1, -0.05) is 30.3 Å². The van der Waals surface area contributed by atoms with E-state index in [2.05, 4.69) is 10.2 Å². The first-order valence-corrected chi connectivity index (χ1v) is 6.96. The summed E-state index contributed by atoms with van der Waals surface area (Å²) >= 11 is 0. The Morgan fingerprint density at radius 2 is 1.75 bits per heavy atom. The smallest absolute Gasteiger partial charge is 0.0940 e. The first-order chi connectivity index (χ1) is 8.77. The van der Waals surface area contributed by atoms with Crippen molar-refractivity contribution < 1.29 is 5.11 Å². The predicted molar refractivity (Wildman–Crippen MR) is 89.0 cm³/mol. The maximum atomic E-state index is 10.2. The molecule has 116 valence electrons. The molecule has 1 aromatic rings. The van der Waals surface area contributed by atoms with Gasteiger partial charge in [-0.15, -0.1) is 24.8 Å². The number of rotatable bonds is 6. The van der Waals surface area contributed by atoms with E-state index in [-0.39, 0.29) is 30.9 Å². The minimum Gasteiger partial charge on any atom is -0.387 e. The van der Waals surface area contributed by atoms with Crippen molar-refractivity contribution in [3.8, 4) is 0 Å². The van der Waals surface area contributed by atoms with Crippen LogP contribution in [0.25, 0.3) is 0 Å². The maximum Gasteiger partial charge on any atom is 0.0940 e. The number of hydrogen-bond acceptors (Lipinski definition) is 3. The van der Waals surface area contributed by atoms with Crippen LogP contribution in [0.15, 0.2) is 30.3 Å². The topological polar surface area (TPSA) is 35.5 Å². The van der Waals surface area contributed by atoms with Gasteiger partial charge in [-0.2, -0.15) is 0 Å². The van der Waals surface area contributed by atoms with Crippen LogP contribution in [0.3, 0.4) is 0 Å². The second kappa shape index (κ2) is 10.4. The largest absolute Gasteiger partial charge is 0.387 e. The Labute approximate surface area is 134 Å². The summed E-state index contributed by atoms with van der Waals surface area (Å²) in [7, 11) is 0. The van der Waals surface area contributed by atoms with Gasteiger partial charge in [-0.05, 0) is 38.4 Å². The highest BCUT2D eigenvalue weighted by atomic mass is 35.5.